The molecule has 0 aliphatic heterocycles. The number of methoxy groups -OCH3 is 3. The van der Waals surface area contributed by atoms with Crippen LogP contribution in [0.4, 0.5) is 6.01 Å². The first kappa shape index (κ1) is 22.3. The van der Waals surface area contributed by atoms with E-state index in [4.69, 9.17) is 23.4 Å². The first-order valence-corrected chi connectivity index (χ1v) is 9.37. The Morgan fingerprint density at radius 3 is 2.31 bits per heavy atom. The Bertz CT molecular complexity index is 1080. The van der Waals surface area contributed by atoms with Crippen LogP contribution in [0, 0.1) is 0 Å². The molecule has 1 amide bonds. The molecule has 1 aromatic heterocycles. The first-order valence-electron chi connectivity index (χ1n) is 9.37. The Morgan fingerprint density at radius 1 is 1.00 bits per heavy atom. The van der Waals surface area contributed by atoms with Gasteiger partial charge in [-0.15, -0.1) is 5.10 Å². The van der Waals surface area contributed by atoms with Gasteiger partial charge in [0.2, 0.25) is 11.6 Å². The normalized spacial score (nSPS) is 10.6. The SMILES string of the molecule is COc1cc(C=CC(=O)OCC(=O)Nc2nnc(-c3ccccc3)o2)cc(OC)c1OC. The first-order chi connectivity index (χ1) is 15.5. The summed E-state index contributed by atoms with van der Waals surface area (Å²) < 4.78 is 26.1. The molecule has 10 nitrogen and oxygen atoms in total. The van der Waals surface area contributed by atoms with Gasteiger partial charge in [0, 0.05) is 11.6 Å². The maximum Gasteiger partial charge on any atom is 0.331 e. The molecule has 166 valence electrons. The van der Waals surface area contributed by atoms with Crippen molar-refractivity contribution >= 4 is 24.0 Å². The van der Waals surface area contributed by atoms with Crippen LogP contribution in [-0.4, -0.2) is 50.0 Å². The van der Waals surface area contributed by atoms with E-state index >= 15 is 0 Å². The molecule has 0 aliphatic rings. The lowest BCUT2D eigenvalue weighted by Gasteiger charge is -2.12. The number of amides is 1. The number of esters is 1. The topological polar surface area (TPSA) is 122 Å². The van der Waals surface area contributed by atoms with Crippen LogP contribution in [0.15, 0.2) is 53.0 Å². The van der Waals surface area contributed by atoms with Gasteiger partial charge in [0.25, 0.3) is 5.91 Å². The van der Waals surface area contributed by atoms with Gasteiger partial charge in [-0.05, 0) is 35.9 Å². The number of benzene rings is 2. The van der Waals surface area contributed by atoms with Crippen molar-refractivity contribution < 1.29 is 33.0 Å². The van der Waals surface area contributed by atoms with Crippen LogP contribution >= 0.6 is 0 Å². The number of hydrogen-bond donors (Lipinski definition) is 1. The zero-order valence-corrected chi connectivity index (χ0v) is 17.7. The van der Waals surface area contributed by atoms with Crippen molar-refractivity contribution in [3.8, 4) is 28.7 Å². The molecule has 10 heteroatoms. The summed E-state index contributed by atoms with van der Waals surface area (Å²) in [6, 6.07) is 12.3. The Kier molecular flexibility index (Phi) is 7.42. The van der Waals surface area contributed by atoms with E-state index in [1.165, 1.54) is 33.5 Å². The van der Waals surface area contributed by atoms with Crippen LogP contribution in [0.25, 0.3) is 17.5 Å². The van der Waals surface area contributed by atoms with Crippen LogP contribution in [-0.2, 0) is 14.3 Å². The average molecular weight is 439 g/mol. The van der Waals surface area contributed by atoms with Gasteiger partial charge >= 0.3 is 12.0 Å². The van der Waals surface area contributed by atoms with E-state index in [2.05, 4.69) is 15.5 Å². The van der Waals surface area contributed by atoms with Crippen LogP contribution in [0.1, 0.15) is 5.56 Å². The molecule has 1 N–H and O–H groups in total. The summed E-state index contributed by atoms with van der Waals surface area (Å²) in [4.78, 5) is 24.0. The van der Waals surface area contributed by atoms with Gasteiger partial charge in [0.15, 0.2) is 18.1 Å². The van der Waals surface area contributed by atoms with E-state index < -0.39 is 18.5 Å². The zero-order chi connectivity index (χ0) is 22.9. The Balaban J connectivity index is 1.54. The number of ether oxygens (including phenoxy) is 4. The fourth-order valence-electron chi connectivity index (χ4n) is 2.67. The van der Waals surface area contributed by atoms with Crippen molar-refractivity contribution in [1.29, 1.82) is 0 Å². The highest BCUT2D eigenvalue weighted by Crippen LogP contribution is 2.38. The number of carbonyl (C=O) groups excluding carboxylic acids is 2. The van der Waals surface area contributed by atoms with Gasteiger partial charge in [0.1, 0.15) is 0 Å². The van der Waals surface area contributed by atoms with E-state index in [1.54, 1.807) is 24.3 Å². The molecule has 0 aliphatic carbocycles. The van der Waals surface area contributed by atoms with Crippen molar-refractivity contribution in [2.24, 2.45) is 0 Å². The monoisotopic (exact) mass is 439 g/mol. The van der Waals surface area contributed by atoms with Gasteiger partial charge in [0.05, 0.1) is 21.3 Å². The lowest BCUT2D eigenvalue weighted by molar-refractivity contribution is -0.142. The predicted octanol–water partition coefficient (Wildman–Crippen LogP) is 2.96. The average Bonchev–Trinajstić information content (AvgIpc) is 3.29. The van der Waals surface area contributed by atoms with Gasteiger partial charge < -0.3 is 23.4 Å². The molecule has 0 unspecified atom stereocenters. The minimum absolute atomic E-state index is 0.0992. The molecule has 0 fully saturated rings. The van der Waals surface area contributed by atoms with Crippen LogP contribution in [0.3, 0.4) is 0 Å². The number of nitrogens with zero attached hydrogens (tertiary/aromatic N) is 2. The highest BCUT2D eigenvalue weighted by molar-refractivity contribution is 5.93. The van der Waals surface area contributed by atoms with Gasteiger partial charge in [-0.1, -0.05) is 23.3 Å². The standard InChI is InChI=1S/C22H21N3O7/c1-28-16-11-14(12-17(29-2)20(16)30-3)9-10-19(27)31-13-18(26)23-22-25-24-21(32-22)15-7-5-4-6-8-15/h4-12H,13H2,1-3H3,(H,23,25,26). The van der Waals surface area contributed by atoms with Crippen LogP contribution < -0.4 is 19.5 Å². The second-order valence-corrected chi connectivity index (χ2v) is 6.23. The molecule has 0 radical (unpaired) electrons. The van der Waals surface area contributed by atoms with E-state index in [9.17, 15) is 9.59 Å². The molecule has 2 aromatic carbocycles. The molecular weight excluding hydrogens is 418 g/mol. The molecule has 0 spiro atoms. The summed E-state index contributed by atoms with van der Waals surface area (Å²) in [5.74, 6) is 0.226. The zero-order valence-electron chi connectivity index (χ0n) is 17.7. The predicted molar refractivity (Wildman–Crippen MR) is 114 cm³/mol. The number of rotatable bonds is 9. The van der Waals surface area contributed by atoms with Crippen LogP contribution in [0.5, 0.6) is 17.2 Å². The third kappa shape index (κ3) is 5.63. The van der Waals surface area contributed by atoms with Gasteiger partial charge in [-0.2, -0.15) is 0 Å². The molecule has 32 heavy (non-hydrogen) atoms. The van der Waals surface area contributed by atoms with Gasteiger partial charge in [-0.25, -0.2) is 4.79 Å². The van der Waals surface area contributed by atoms with Crippen molar-refractivity contribution in [1.82, 2.24) is 10.2 Å². The lowest BCUT2D eigenvalue weighted by atomic mass is 10.1. The number of nitrogens with one attached hydrogen (secondary N) is 1. The Morgan fingerprint density at radius 2 is 1.69 bits per heavy atom. The molecular formula is C22H21N3O7. The minimum Gasteiger partial charge on any atom is -0.493 e. The summed E-state index contributed by atoms with van der Waals surface area (Å²) in [5.41, 5.74) is 1.32. The summed E-state index contributed by atoms with van der Waals surface area (Å²) in [6.07, 6.45) is 2.67. The maximum atomic E-state index is 12.0. The highest BCUT2D eigenvalue weighted by atomic mass is 16.5. The second-order valence-electron chi connectivity index (χ2n) is 6.23. The molecule has 0 atom stereocenters. The van der Waals surface area contributed by atoms with Crippen molar-refractivity contribution in [3.05, 3.63) is 54.1 Å². The number of anilines is 1. The largest absolute Gasteiger partial charge is 0.493 e. The van der Waals surface area contributed by atoms with E-state index in [-0.39, 0.29) is 11.9 Å². The minimum atomic E-state index is -0.718. The lowest BCUT2D eigenvalue weighted by Crippen LogP contribution is -2.20. The Hall–Kier alpha value is -4.34. The van der Waals surface area contributed by atoms with E-state index in [1.807, 2.05) is 18.2 Å². The van der Waals surface area contributed by atoms with Crippen LogP contribution in [0.2, 0.25) is 0 Å². The Labute approximate surface area is 183 Å². The van der Waals surface area contributed by atoms with Gasteiger partial charge in [-0.3, -0.25) is 10.1 Å². The molecule has 0 saturated carbocycles. The number of aromatic nitrogens is 2. The molecule has 0 saturated heterocycles. The summed E-state index contributed by atoms with van der Waals surface area (Å²) in [6.45, 7) is -0.526. The smallest absolute Gasteiger partial charge is 0.331 e. The fraction of sp³-hybridized carbons (Fsp3) is 0.182. The maximum absolute atomic E-state index is 12.0. The third-order valence-corrected chi connectivity index (χ3v) is 4.14. The van der Waals surface area contributed by atoms with E-state index in [0.29, 0.717) is 28.4 Å². The second kappa shape index (κ2) is 10.6. The molecule has 3 rings (SSSR count). The van der Waals surface area contributed by atoms with E-state index in [0.717, 1.165) is 0 Å². The summed E-state index contributed by atoms with van der Waals surface area (Å²) >= 11 is 0. The fourth-order valence-corrected chi connectivity index (χ4v) is 2.67. The van der Waals surface area contributed by atoms with Crippen molar-refractivity contribution in [2.45, 2.75) is 0 Å². The third-order valence-electron chi connectivity index (χ3n) is 4.14. The number of hydrogen-bond acceptors (Lipinski definition) is 9. The molecule has 3 aromatic rings. The quantitative estimate of drug-likeness (QED) is 0.396. The van der Waals surface area contributed by atoms with Crippen molar-refractivity contribution in [2.75, 3.05) is 33.3 Å². The van der Waals surface area contributed by atoms with Crippen molar-refractivity contribution in [3.63, 3.8) is 0 Å². The molecule has 0 bridgehead atoms. The highest BCUT2D eigenvalue weighted by Gasteiger charge is 2.14. The molecule has 1 heterocycles. The summed E-state index contributed by atoms with van der Waals surface area (Å²) in [5, 5.41) is 9.98. The summed E-state index contributed by atoms with van der Waals surface area (Å²) in [7, 11) is 4.48. The number of carbonyl (C=O) groups is 2.